The number of carbonyl (C=O) groups excluding carboxylic acids is 2. The highest BCUT2D eigenvalue weighted by Crippen LogP contribution is 2.22. The molecule has 0 aromatic heterocycles. The Bertz CT molecular complexity index is 517. The van der Waals surface area contributed by atoms with Crippen LogP contribution in [0.5, 0.6) is 0 Å². The third-order valence-electron chi connectivity index (χ3n) is 3.61. The van der Waals surface area contributed by atoms with Crippen molar-refractivity contribution in [1.82, 2.24) is 5.32 Å². The molecule has 0 bridgehead atoms. The first-order valence-electron chi connectivity index (χ1n) is 7.33. The summed E-state index contributed by atoms with van der Waals surface area (Å²) in [6.07, 6.45) is -2.04. The van der Waals surface area contributed by atoms with Gasteiger partial charge in [0.15, 0.2) is 6.10 Å². The third-order valence-corrected chi connectivity index (χ3v) is 3.61. The van der Waals surface area contributed by atoms with E-state index in [1.807, 2.05) is 44.2 Å². The average molecular weight is 307 g/mol. The second kappa shape index (κ2) is 7.26. The highest BCUT2D eigenvalue weighted by molar-refractivity contribution is 5.77. The lowest BCUT2D eigenvalue weighted by Gasteiger charge is -2.26. The summed E-state index contributed by atoms with van der Waals surface area (Å²) in [5, 5.41) is 12.2. The summed E-state index contributed by atoms with van der Waals surface area (Å²) in [5.41, 5.74) is 0.890. The van der Waals surface area contributed by atoms with Gasteiger partial charge in [-0.05, 0) is 11.5 Å². The molecule has 1 saturated heterocycles. The maximum Gasteiger partial charge on any atom is 0.407 e. The summed E-state index contributed by atoms with van der Waals surface area (Å²) in [6, 6.07) is 8.95. The number of hydrogen-bond donors (Lipinski definition) is 2. The van der Waals surface area contributed by atoms with Gasteiger partial charge < -0.3 is 19.9 Å². The van der Waals surface area contributed by atoms with E-state index >= 15 is 0 Å². The number of aliphatic hydroxyl groups excluding tert-OH is 1. The molecule has 1 fully saturated rings. The predicted octanol–water partition coefficient (Wildman–Crippen LogP) is 1.61. The molecule has 3 atom stereocenters. The molecule has 0 aliphatic carbocycles. The molecule has 1 unspecified atom stereocenters. The fourth-order valence-electron chi connectivity index (χ4n) is 2.40. The number of hydrogen-bond acceptors (Lipinski definition) is 5. The number of aliphatic hydroxyl groups is 1. The highest BCUT2D eigenvalue weighted by atomic mass is 16.6. The van der Waals surface area contributed by atoms with Crippen molar-refractivity contribution in [2.75, 3.05) is 0 Å². The van der Waals surface area contributed by atoms with Crippen molar-refractivity contribution in [3.05, 3.63) is 35.9 Å². The number of amides is 1. The molecule has 1 heterocycles. The molecule has 2 rings (SSSR count). The second-order valence-corrected chi connectivity index (χ2v) is 5.70. The molecule has 6 nitrogen and oxygen atoms in total. The van der Waals surface area contributed by atoms with E-state index in [9.17, 15) is 14.7 Å². The number of ether oxygens (including phenoxy) is 2. The first-order chi connectivity index (χ1) is 10.5. The number of rotatable bonds is 5. The van der Waals surface area contributed by atoms with Crippen molar-refractivity contribution in [2.24, 2.45) is 5.92 Å². The minimum Gasteiger partial charge on any atom is -0.458 e. The van der Waals surface area contributed by atoms with Crippen LogP contribution in [0.25, 0.3) is 0 Å². The van der Waals surface area contributed by atoms with E-state index in [1.54, 1.807) is 0 Å². The van der Waals surface area contributed by atoms with Crippen LogP contribution < -0.4 is 5.32 Å². The lowest BCUT2D eigenvalue weighted by Crippen LogP contribution is -2.47. The van der Waals surface area contributed by atoms with E-state index in [0.717, 1.165) is 5.56 Å². The Morgan fingerprint density at radius 3 is 2.64 bits per heavy atom. The largest absolute Gasteiger partial charge is 0.458 e. The Balaban J connectivity index is 1.88. The van der Waals surface area contributed by atoms with Gasteiger partial charge >= 0.3 is 12.1 Å². The zero-order chi connectivity index (χ0) is 16.1. The van der Waals surface area contributed by atoms with Crippen LogP contribution in [0.4, 0.5) is 4.79 Å². The van der Waals surface area contributed by atoms with Crippen LogP contribution in [-0.4, -0.2) is 35.4 Å². The lowest BCUT2D eigenvalue weighted by atomic mass is 9.96. The highest BCUT2D eigenvalue weighted by Gasteiger charge is 2.39. The third kappa shape index (κ3) is 4.21. The van der Waals surface area contributed by atoms with E-state index in [-0.39, 0.29) is 18.9 Å². The van der Waals surface area contributed by atoms with Gasteiger partial charge in [0.1, 0.15) is 12.7 Å². The monoisotopic (exact) mass is 307 g/mol. The summed E-state index contributed by atoms with van der Waals surface area (Å²) in [5.74, 6) is -0.609. The Morgan fingerprint density at radius 1 is 1.41 bits per heavy atom. The topological polar surface area (TPSA) is 84.9 Å². The summed E-state index contributed by atoms with van der Waals surface area (Å²) < 4.78 is 10.3. The maximum absolute atomic E-state index is 11.9. The van der Waals surface area contributed by atoms with Gasteiger partial charge in [0, 0.05) is 6.42 Å². The fraction of sp³-hybridized carbons (Fsp3) is 0.500. The van der Waals surface area contributed by atoms with Crippen molar-refractivity contribution >= 4 is 12.1 Å². The maximum atomic E-state index is 11.9. The Morgan fingerprint density at radius 2 is 2.09 bits per heavy atom. The van der Waals surface area contributed by atoms with Crippen LogP contribution in [0.1, 0.15) is 25.8 Å². The van der Waals surface area contributed by atoms with Crippen LogP contribution in [0.2, 0.25) is 0 Å². The zero-order valence-corrected chi connectivity index (χ0v) is 12.7. The number of carbonyl (C=O) groups is 2. The van der Waals surface area contributed by atoms with Gasteiger partial charge in [-0.3, -0.25) is 0 Å². The minimum absolute atomic E-state index is 0.0346. The molecule has 1 amide bonds. The fourth-order valence-corrected chi connectivity index (χ4v) is 2.40. The lowest BCUT2D eigenvalue weighted by molar-refractivity contribution is -0.148. The molecule has 1 aromatic rings. The molecule has 1 aromatic carbocycles. The van der Waals surface area contributed by atoms with E-state index in [2.05, 4.69) is 5.32 Å². The van der Waals surface area contributed by atoms with Crippen molar-refractivity contribution < 1.29 is 24.2 Å². The first-order valence-corrected chi connectivity index (χ1v) is 7.33. The molecule has 0 radical (unpaired) electrons. The first kappa shape index (κ1) is 16.3. The van der Waals surface area contributed by atoms with Gasteiger partial charge in [0.05, 0.1) is 6.04 Å². The Hall–Kier alpha value is -2.08. The van der Waals surface area contributed by atoms with Gasteiger partial charge in [0.2, 0.25) is 0 Å². The summed E-state index contributed by atoms with van der Waals surface area (Å²) in [6.45, 7) is 3.98. The van der Waals surface area contributed by atoms with Gasteiger partial charge in [-0.1, -0.05) is 44.2 Å². The molecule has 2 N–H and O–H groups in total. The molecule has 22 heavy (non-hydrogen) atoms. The summed E-state index contributed by atoms with van der Waals surface area (Å²) in [7, 11) is 0. The van der Waals surface area contributed by atoms with E-state index in [0.29, 0.717) is 0 Å². The number of alkyl carbamates (subject to hydrolysis) is 1. The van der Waals surface area contributed by atoms with Crippen molar-refractivity contribution in [3.63, 3.8) is 0 Å². The molecule has 1 aliphatic rings. The van der Waals surface area contributed by atoms with Crippen molar-refractivity contribution in [3.8, 4) is 0 Å². The number of cyclic esters (lactones) is 1. The standard InChI is InChI=1S/C16H21NO5/c1-10(2)14(13-8-12(18)15(19)22-13)17-16(20)21-9-11-6-4-3-5-7-11/h3-7,10,12-14,18H,8-9H2,1-2H3,(H,17,20)/t12?,13-,14+/m1/s1. The van der Waals surface area contributed by atoms with E-state index < -0.39 is 30.3 Å². The molecule has 0 saturated carbocycles. The minimum atomic E-state index is -1.12. The summed E-state index contributed by atoms with van der Waals surface area (Å²) >= 11 is 0. The van der Waals surface area contributed by atoms with Crippen LogP contribution in [0.3, 0.4) is 0 Å². The molecule has 6 heteroatoms. The van der Waals surface area contributed by atoms with Crippen LogP contribution >= 0.6 is 0 Å². The molecular weight excluding hydrogens is 286 g/mol. The molecule has 1 aliphatic heterocycles. The Kier molecular flexibility index (Phi) is 5.38. The number of esters is 1. The van der Waals surface area contributed by atoms with Crippen LogP contribution in [0, 0.1) is 5.92 Å². The van der Waals surface area contributed by atoms with Gasteiger partial charge in [-0.15, -0.1) is 0 Å². The second-order valence-electron chi connectivity index (χ2n) is 5.70. The van der Waals surface area contributed by atoms with E-state index in [1.165, 1.54) is 0 Å². The van der Waals surface area contributed by atoms with Gasteiger partial charge in [-0.2, -0.15) is 0 Å². The molecule has 120 valence electrons. The zero-order valence-electron chi connectivity index (χ0n) is 12.7. The quantitative estimate of drug-likeness (QED) is 0.807. The average Bonchev–Trinajstić information content (AvgIpc) is 2.82. The predicted molar refractivity (Wildman–Crippen MR) is 78.9 cm³/mol. The van der Waals surface area contributed by atoms with Crippen molar-refractivity contribution in [1.29, 1.82) is 0 Å². The smallest absolute Gasteiger partial charge is 0.407 e. The van der Waals surface area contributed by atoms with Crippen LogP contribution in [-0.2, 0) is 20.9 Å². The number of nitrogens with one attached hydrogen (secondary N) is 1. The van der Waals surface area contributed by atoms with Gasteiger partial charge in [0.25, 0.3) is 0 Å². The molecular formula is C16H21NO5. The van der Waals surface area contributed by atoms with E-state index in [4.69, 9.17) is 9.47 Å². The normalized spacial score (nSPS) is 22.3. The van der Waals surface area contributed by atoms with Crippen LogP contribution in [0.15, 0.2) is 30.3 Å². The van der Waals surface area contributed by atoms with Gasteiger partial charge in [-0.25, -0.2) is 9.59 Å². The molecule has 0 spiro atoms. The summed E-state index contributed by atoms with van der Waals surface area (Å²) in [4.78, 5) is 23.2. The van der Waals surface area contributed by atoms with Crippen molar-refractivity contribution in [2.45, 2.75) is 45.1 Å². The Labute approximate surface area is 129 Å². The number of benzene rings is 1. The SMILES string of the molecule is CC(C)[C@H](NC(=O)OCc1ccccc1)[C@H]1CC(O)C(=O)O1.